The summed E-state index contributed by atoms with van der Waals surface area (Å²) in [6, 6.07) is 9.49. The molecule has 30 heavy (non-hydrogen) atoms. The van der Waals surface area contributed by atoms with Crippen molar-refractivity contribution >= 4 is 17.5 Å². The van der Waals surface area contributed by atoms with Crippen molar-refractivity contribution in [1.82, 2.24) is 15.0 Å². The quantitative estimate of drug-likeness (QED) is 0.594. The van der Waals surface area contributed by atoms with Gasteiger partial charge in [-0.25, -0.2) is 0 Å². The highest BCUT2D eigenvalue weighted by Gasteiger charge is 2.37. The van der Waals surface area contributed by atoms with E-state index in [0.717, 1.165) is 12.1 Å². The first-order valence-electron chi connectivity index (χ1n) is 8.90. The number of nitrogens with zero attached hydrogens (tertiary/aromatic N) is 3. The van der Waals surface area contributed by atoms with Gasteiger partial charge >= 0.3 is 6.18 Å². The van der Waals surface area contributed by atoms with Crippen LogP contribution >= 0.6 is 11.6 Å². The Labute approximate surface area is 174 Å². The van der Waals surface area contributed by atoms with Crippen molar-refractivity contribution < 1.29 is 27.2 Å². The maximum absolute atomic E-state index is 12.9. The van der Waals surface area contributed by atoms with Crippen LogP contribution in [0.3, 0.4) is 0 Å². The summed E-state index contributed by atoms with van der Waals surface area (Å²) in [5.41, 5.74) is -0.239. The average molecular weight is 438 g/mol. The van der Waals surface area contributed by atoms with Crippen LogP contribution in [0.25, 0.3) is 11.4 Å². The van der Waals surface area contributed by atoms with Crippen LogP contribution in [0, 0.1) is 0 Å². The van der Waals surface area contributed by atoms with Crippen LogP contribution < -0.4 is 4.74 Å². The van der Waals surface area contributed by atoms with E-state index in [1.165, 1.54) is 25.3 Å². The molecule has 1 saturated heterocycles. The normalized spacial score (nSPS) is 14.5. The molecule has 1 fully saturated rings. The van der Waals surface area contributed by atoms with Gasteiger partial charge in [-0.05, 0) is 30.3 Å². The Balaban J connectivity index is 1.46. The molecule has 6 nitrogen and oxygen atoms in total. The monoisotopic (exact) mass is 437 g/mol. The van der Waals surface area contributed by atoms with E-state index in [1.807, 2.05) is 0 Å². The highest BCUT2D eigenvalue weighted by Crippen LogP contribution is 2.34. The molecular weight excluding hydrogens is 423 g/mol. The molecule has 2 heterocycles. The summed E-state index contributed by atoms with van der Waals surface area (Å²) < 4.78 is 49.1. The van der Waals surface area contributed by atoms with Crippen LogP contribution in [0.15, 0.2) is 47.0 Å². The Kier molecular flexibility index (Phi) is 5.15. The molecule has 0 radical (unpaired) electrons. The van der Waals surface area contributed by atoms with Crippen LogP contribution in [0.2, 0.25) is 5.02 Å². The SMILES string of the molecule is COc1ccc(Cl)cc1C(=O)N1CC(c2nc(-c3cccc(C(F)(F)F)c3)no2)C1. The van der Waals surface area contributed by atoms with Gasteiger partial charge in [-0.1, -0.05) is 28.9 Å². The molecule has 10 heteroatoms. The topological polar surface area (TPSA) is 68.5 Å². The lowest BCUT2D eigenvalue weighted by Crippen LogP contribution is -2.48. The van der Waals surface area contributed by atoms with Gasteiger partial charge in [-0.15, -0.1) is 0 Å². The number of alkyl halides is 3. The van der Waals surface area contributed by atoms with Crippen LogP contribution in [0.4, 0.5) is 13.2 Å². The number of aromatic nitrogens is 2. The highest BCUT2D eigenvalue weighted by atomic mass is 35.5. The zero-order valence-electron chi connectivity index (χ0n) is 15.6. The fourth-order valence-corrected chi connectivity index (χ4v) is 3.34. The van der Waals surface area contributed by atoms with E-state index in [9.17, 15) is 18.0 Å². The maximum Gasteiger partial charge on any atom is 0.416 e. The van der Waals surface area contributed by atoms with E-state index >= 15 is 0 Å². The number of benzene rings is 2. The predicted molar refractivity (Wildman–Crippen MR) is 101 cm³/mol. The number of ether oxygens (including phenoxy) is 1. The summed E-state index contributed by atoms with van der Waals surface area (Å²) >= 11 is 5.98. The first-order valence-corrected chi connectivity index (χ1v) is 9.28. The Bertz CT molecular complexity index is 1090. The van der Waals surface area contributed by atoms with E-state index in [-0.39, 0.29) is 29.1 Å². The summed E-state index contributed by atoms with van der Waals surface area (Å²) in [7, 11) is 1.46. The van der Waals surface area contributed by atoms with Gasteiger partial charge in [0.2, 0.25) is 11.7 Å². The van der Waals surface area contributed by atoms with Crippen molar-refractivity contribution in [1.29, 1.82) is 0 Å². The van der Waals surface area contributed by atoms with Crippen molar-refractivity contribution in [2.75, 3.05) is 20.2 Å². The molecule has 2 aromatic carbocycles. The second-order valence-electron chi connectivity index (χ2n) is 6.79. The summed E-state index contributed by atoms with van der Waals surface area (Å²) in [5.74, 6) is 0.300. The van der Waals surface area contributed by atoms with Gasteiger partial charge in [-0.3, -0.25) is 4.79 Å². The lowest BCUT2D eigenvalue weighted by atomic mass is 9.98. The summed E-state index contributed by atoms with van der Waals surface area (Å²) in [5, 5.41) is 4.20. The Morgan fingerprint density at radius 3 is 2.70 bits per heavy atom. The van der Waals surface area contributed by atoms with Crippen LogP contribution in [-0.2, 0) is 6.18 Å². The minimum Gasteiger partial charge on any atom is -0.496 e. The number of hydrogen-bond acceptors (Lipinski definition) is 5. The van der Waals surface area contributed by atoms with Crippen molar-refractivity contribution in [3.63, 3.8) is 0 Å². The Morgan fingerprint density at radius 2 is 2.00 bits per heavy atom. The van der Waals surface area contributed by atoms with Crippen LogP contribution in [0.5, 0.6) is 5.75 Å². The van der Waals surface area contributed by atoms with Gasteiger partial charge in [0, 0.05) is 23.7 Å². The summed E-state index contributed by atoms with van der Waals surface area (Å²) in [4.78, 5) is 18.5. The molecule has 0 spiro atoms. The molecule has 156 valence electrons. The highest BCUT2D eigenvalue weighted by molar-refractivity contribution is 6.31. The molecule has 0 aliphatic carbocycles. The van der Waals surface area contributed by atoms with Crippen LogP contribution in [0.1, 0.15) is 27.7 Å². The van der Waals surface area contributed by atoms with E-state index in [0.29, 0.717) is 29.4 Å². The molecular formula is C20H15ClF3N3O3. The molecule has 0 unspecified atom stereocenters. The average Bonchev–Trinajstić information content (AvgIpc) is 3.16. The van der Waals surface area contributed by atoms with Crippen molar-refractivity contribution in [3.05, 3.63) is 64.5 Å². The van der Waals surface area contributed by atoms with E-state index in [4.69, 9.17) is 20.9 Å². The van der Waals surface area contributed by atoms with Crippen LogP contribution in [-0.4, -0.2) is 41.1 Å². The molecule has 0 N–H and O–H groups in total. The van der Waals surface area contributed by atoms with Crippen molar-refractivity contribution in [2.24, 2.45) is 0 Å². The van der Waals surface area contributed by atoms with E-state index in [2.05, 4.69) is 10.1 Å². The molecule has 1 amide bonds. The second kappa shape index (κ2) is 7.64. The lowest BCUT2D eigenvalue weighted by molar-refractivity contribution is -0.137. The first kappa shape index (κ1) is 20.2. The standard InChI is InChI=1S/C20H15ClF3N3O3/c1-29-16-6-5-14(21)8-15(16)19(28)27-9-12(10-27)18-25-17(26-30-18)11-3-2-4-13(7-11)20(22,23)24/h2-8,12H,9-10H2,1H3. The number of carbonyl (C=O) groups is 1. The van der Waals surface area contributed by atoms with Gasteiger partial charge < -0.3 is 14.2 Å². The van der Waals surface area contributed by atoms with Crippen molar-refractivity contribution in [3.8, 4) is 17.1 Å². The van der Waals surface area contributed by atoms with Gasteiger partial charge in [0.1, 0.15) is 5.75 Å². The molecule has 1 aromatic heterocycles. The first-order chi connectivity index (χ1) is 14.3. The number of amides is 1. The Morgan fingerprint density at radius 1 is 1.23 bits per heavy atom. The third-order valence-electron chi connectivity index (χ3n) is 4.80. The number of carbonyl (C=O) groups excluding carboxylic acids is 1. The fraction of sp³-hybridized carbons (Fsp3) is 0.250. The van der Waals surface area contributed by atoms with Gasteiger partial charge in [0.15, 0.2) is 0 Å². The third-order valence-corrected chi connectivity index (χ3v) is 5.03. The minimum absolute atomic E-state index is 0.0670. The number of likely N-dealkylation sites (tertiary alicyclic amines) is 1. The third kappa shape index (κ3) is 3.85. The number of rotatable bonds is 4. The molecule has 1 aliphatic heterocycles. The molecule has 4 rings (SSSR count). The second-order valence-corrected chi connectivity index (χ2v) is 7.22. The zero-order valence-corrected chi connectivity index (χ0v) is 16.4. The van der Waals surface area contributed by atoms with E-state index < -0.39 is 11.7 Å². The molecule has 0 saturated carbocycles. The predicted octanol–water partition coefficient (Wildman–Crippen LogP) is 4.66. The van der Waals surface area contributed by atoms with Crippen molar-refractivity contribution in [2.45, 2.75) is 12.1 Å². The smallest absolute Gasteiger partial charge is 0.416 e. The largest absolute Gasteiger partial charge is 0.496 e. The van der Waals surface area contributed by atoms with E-state index in [1.54, 1.807) is 17.0 Å². The number of methoxy groups -OCH3 is 1. The maximum atomic E-state index is 12.9. The molecule has 0 bridgehead atoms. The zero-order chi connectivity index (χ0) is 21.5. The molecule has 0 atom stereocenters. The Hall–Kier alpha value is -3.07. The number of halogens is 4. The van der Waals surface area contributed by atoms with Gasteiger partial charge in [0.05, 0.1) is 24.2 Å². The number of hydrogen-bond donors (Lipinski definition) is 0. The fourth-order valence-electron chi connectivity index (χ4n) is 3.17. The summed E-state index contributed by atoms with van der Waals surface area (Å²) in [6.45, 7) is 0.664. The molecule has 1 aliphatic rings. The molecule has 3 aromatic rings. The summed E-state index contributed by atoms with van der Waals surface area (Å²) in [6.07, 6.45) is -4.46. The van der Waals surface area contributed by atoms with Gasteiger partial charge in [-0.2, -0.15) is 18.2 Å². The van der Waals surface area contributed by atoms with Gasteiger partial charge in [0.25, 0.3) is 5.91 Å². The lowest BCUT2D eigenvalue weighted by Gasteiger charge is -2.37. The minimum atomic E-state index is -4.46.